The number of hydrogen-bond donors (Lipinski definition) is 1. The van der Waals surface area contributed by atoms with Crippen LogP contribution in [0, 0.1) is 17.8 Å². The summed E-state index contributed by atoms with van der Waals surface area (Å²) in [6.07, 6.45) is 13.2. The number of halogens is 1. The van der Waals surface area contributed by atoms with E-state index in [4.69, 9.17) is 0 Å². The fraction of sp³-hybridized carbons (Fsp3) is 0.500. The second-order valence-electron chi connectivity index (χ2n) is 15.4. The van der Waals surface area contributed by atoms with Gasteiger partial charge < -0.3 is 10.2 Å². The van der Waals surface area contributed by atoms with Crippen molar-refractivity contribution in [2.75, 3.05) is 17.1 Å². The number of carbonyl (C=O) groups is 2. The Labute approximate surface area is 300 Å². The number of carbonyl (C=O) groups excluding carboxylic acids is 2. The van der Waals surface area contributed by atoms with Crippen LogP contribution in [0.5, 0.6) is 0 Å². The molecule has 5 fully saturated rings. The highest BCUT2D eigenvalue weighted by atomic mass is 79.9. The summed E-state index contributed by atoms with van der Waals surface area (Å²) < 4.78 is 28.9. The van der Waals surface area contributed by atoms with Gasteiger partial charge in [0.2, 0.25) is 21.8 Å². The average Bonchev–Trinajstić information content (AvgIpc) is 3.58. The Hall–Kier alpha value is -3.17. The molecule has 2 amide bonds. The van der Waals surface area contributed by atoms with E-state index in [0.717, 1.165) is 65.3 Å². The first-order valence-corrected chi connectivity index (χ1v) is 20.7. The zero-order valence-electron chi connectivity index (χ0n) is 28.4. The summed E-state index contributed by atoms with van der Waals surface area (Å²) in [5, 5.41) is 3.23. The first-order valence-electron chi connectivity index (χ1n) is 18.0. The van der Waals surface area contributed by atoms with Crippen LogP contribution in [0.2, 0.25) is 0 Å². The molecule has 1 atom stereocenters. The maximum absolute atomic E-state index is 14.6. The molecule has 1 unspecified atom stereocenters. The van der Waals surface area contributed by atoms with Crippen LogP contribution in [-0.2, 0) is 38.0 Å². The Kier molecular flexibility index (Phi) is 9.95. The molecule has 7 nitrogen and oxygen atoms in total. The van der Waals surface area contributed by atoms with Crippen molar-refractivity contribution in [3.05, 3.63) is 100 Å². The number of nitrogens with one attached hydrogen (secondary N) is 1. The lowest BCUT2D eigenvalue weighted by molar-refractivity contribution is -0.140. The number of anilines is 1. The van der Waals surface area contributed by atoms with E-state index < -0.39 is 28.5 Å². The van der Waals surface area contributed by atoms with Crippen LogP contribution in [0.25, 0.3) is 0 Å². The summed E-state index contributed by atoms with van der Waals surface area (Å²) in [6.45, 7) is -0.234. The molecule has 3 aromatic carbocycles. The maximum atomic E-state index is 14.6. The number of benzene rings is 3. The minimum Gasteiger partial charge on any atom is -0.352 e. The molecule has 0 spiro atoms. The van der Waals surface area contributed by atoms with Gasteiger partial charge in [-0.05, 0) is 115 Å². The van der Waals surface area contributed by atoms with Gasteiger partial charge >= 0.3 is 0 Å². The number of sulfonamides is 1. The second kappa shape index (κ2) is 14.2. The highest BCUT2D eigenvalue weighted by molar-refractivity contribution is 9.10. The summed E-state index contributed by atoms with van der Waals surface area (Å²) in [5.41, 5.74) is 3.75. The number of rotatable bonds is 12. The maximum Gasteiger partial charge on any atom is 0.244 e. The largest absolute Gasteiger partial charge is 0.352 e. The van der Waals surface area contributed by atoms with Gasteiger partial charge in [0, 0.05) is 23.5 Å². The molecular weight excluding hydrogens is 698 g/mol. The monoisotopic (exact) mass is 745 g/mol. The second-order valence-corrected chi connectivity index (χ2v) is 18.2. The Morgan fingerprint density at radius 1 is 0.857 bits per heavy atom. The van der Waals surface area contributed by atoms with Gasteiger partial charge in [0.25, 0.3) is 0 Å². The van der Waals surface area contributed by atoms with Gasteiger partial charge in [-0.2, -0.15) is 0 Å². The highest BCUT2D eigenvalue weighted by Crippen LogP contribution is 2.60. The molecule has 1 N–H and O–H groups in total. The van der Waals surface area contributed by atoms with E-state index in [1.165, 1.54) is 48.4 Å². The number of nitrogens with zero attached hydrogens (tertiary/aromatic N) is 2. The van der Waals surface area contributed by atoms with Crippen molar-refractivity contribution >= 4 is 43.5 Å². The number of amides is 2. The minimum absolute atomic E-state index is 0.0774. The standard InChI is InChI=1S/C40H48BrN3O4S/c1-49(47,48)44(36-16-14-33(15-17-36)40-23-30-18-31(24-40)20-32(19-30)25-40)27-38(45)43(26-29-10-7-11-34(41)21-29)37(22-28-8-3-2-4-9-28)39(46)42-35-12-5-6-13-35/h2-4,7-11,14-17,21,30-32,35,37H,5-6,12-13,18-20,22-27H2,1H3,(H,42,46). The molecule has 8 rings (SSSR count). The first kappa shape index (κ1) is 34.3. The van der Waals surface area contributed by atoms with Gasteiger partial charge in [-0.25, -0.2) is 8.42 Å². The third kappa shape index (κ3) is 7.78. The molecule has 0 aliphatic heterocycles. The molecule has 0 aromatic heterocycles. The van der Waals surface area contributed by atoms with Crippen molar-refractivity contribution in [2.24, 2.45) is 17.8 Å². The van der Waals surface area contributed by atoms with Crippen LogP contribution < -0.4 is 9.62 Å². The van der Waals surface area contributed by atoms with Crippen molar-refractivity contribution in [1.82, 2.24) is 10.2 Å². The Balaban J connectivity index is 1.19. The van der Waals surface area contributed by atoms with Gasteiger partial charge in [-0.3, -0.25) is 13.9 Å². The molecular formula is C40H48BrN3O4S. The predicted molar refractivity (Wildman–Crippen MR) is 198 cm³/mol. The van der Waals surface area contributed by atoms with Gasteiger partial charge in [-0.15, -0.1) is 0 Å². The van der Waals surface area contributed by atoms with Crippen molar-refractivity contribution < 1.29 is 18.0 Å². The van der Waals surface area contributed by atoms with Crippen LogP contribution in [0.1, 0.15) is 80.9 Å². The molecule has 9 heteroatoms. The topological polar surface area (TPSA) is 86.8 Å². The molecule has 0 heterocycles. The fourth-order valence-corrected chi connectivity index (χ4v) is 11.1. The zero-order valence-corrected chi connectivity index (χ0v) is 30.8. The third-order valence-corrected chi connectivity index (χ3v) is 13.3. The lowest BCUT2D eigenvalue weighted by Crippen LogP contribution is -2.54. The molecule has 0 saturated heterocycles. The van der Waals surface area contributed by atoms with Crippen LogP contribution in [0.4, 0.5) is 5.69 Å². The molecule has 260 valence electrons. The molecule has 49 heavy (non-hydrogen) atoms. The van der Waals surface area contributed by atoms with Crippen LogP contribution >= 0.6 is 15.9 Å². The van der Waals surface area contributed by atoms with Gasteiger partial charge in [0.1, 0.15) is 12.6 Å². The van der Waals surface area contributed by atoms with Crippen molar-refractivity contribution in [3.8, 4) is 0 Å². The minimum atomic E-state index is -3.83. The quantitative estimate of drug-likeness (QED) is 0.210. The Morgan fingerprint density at radius 3 is 2.06 bits per heavy atom. The summed E-state index contributed by atoms with van der Waals surface area (Å²) in [6, 6.07) is 24.6. The lowest BCUT2D eigenvalue weighted by atomic mass is 9.48. The van der Waals surface area contributed by atoms with E-state index in [-0.39, 0.29) is 23.9 Å². The van der Waals surface area contributed by atoms with E-state index in [1.54, 1.807) is 4.90 Å². The Bertz CT molecular complexity index is 1720. The van der Waals surface area contributed by atoms with Crippen molar-refractivity contribution in [2.45, 2.75) is 94.7 Å². The van der Waals surface area contributed by atoms with Crippen LogP contribution in [0.3, 0.4) is 0 Å². The molecule has 5 aliphatic rings. The van der Waals surface area contributed by atoms with Crippen LogP contribution in [0.15, 0.2) is 83.3 Å². The average molecular weight is 747 g/mol. The molecule has 5 saturated carbocycles. The first-order chi connectivity index (χ1) is 23.5. The Morgan fingerprint density at radius 2 is 1.47 bits per heavy atom. The SMILES string of the molecule is CS(=O)(=O)N(CC(=O)N(Cc1cccc(Br)c1)C(Cc1ccccc1)C(=O)NC1CCCC1)c1ccc(C23CC4CC(CC(C4)C2)C3)cc1. The van der Waals surface area contributed by atoms with Gasteiger partial charge in [0.05, 0.1) is 11.9 Å². The van der Waals surface area contributed by atoms with Gasteiger partial charge in [0.15, 0.2) is 0 Å². The molecule has 3 aromatic rings. The van der Waals surface area contributed by atoms with E-state index in [9.17, 15) is 18.0 Å². The molecule has 5 aliphatic carbocycles. The summed E-state index contributed by atoms with van der Waals surface area (Å²) in [7, 11) is -3.83. The predicted octanol–water partition coefficient (Wildman–Crippen LogP) is 7.38. The van der Waals surface area contributed by atoms with Crippen LogP contribution in [-0.4, -0.2) is 50.0 Å². The fourth-order valence-electron chi connectivity index (χ4n) is 9.81. The van der Waals surface area contributed by atoms with E-state index >= 15 is 0 Å². The smallest absolute Gasteiger partial charge is 0.244 e. The van der Waals surface area contributed by atoms with E-state index in [2.05, 4.69) is 33.4 Å². The summed E-state index contributed by atoms with van der Waals surface area (Å²) >= 11 is 3.55. The molecule has 0 radical (unpaired) electrons. The van der Waals surface area contributed by atoms with Gasteiger partial charge in [-0.1, -0.05) is 83.4 Å². The highest BCUT2D eigenvalue weighted by Gasteiger charge is 2.51. The molecule has 4 bridgehead atoms. The number of hydrogen-bond acceptors (Lipinski definition) is 4. The third-order valence-electron chi connectivity index (χ3n) is 11.7. The summed E-state index contributed by atoms with van der Waals surface area (Å²) in [4.78, 5) is 30.3. The van der Waals surface area contributed by atoms with E-state index in [0.29, 0.717) is 12.1 Å². The van der Waals surface area contributed by atoms with E-state index in [1.807, 2.05) is 66.7 Å². The van der Waals surface area contributed by atoms with Crippen molar-refractivity contribution in [3.63, 3.8) is 0 Å². The lowest BCUT2D eigenvalue weighted by Gasteiger charge is -2.57. The normalized spacial score (nSPS) is 25.2. The summed E-state index contributed by atoms with van der Waals surface area (Å²) in [5.74, 6) is 1.80. The zero-order chi connectivity index (χ0) is 34.2. The van der Waals surface area contributed by atoms with Crippen molar-refractivity contribution in [1.29, 1.82) is 0 Å².